The van der Waals surface area contributed by atoms with Gasteiger partial charge in [-0.1, -0.05) is 218 Å². The van der Waals surface area contributed by atoms with Gasteiger partial charge in [-0.15, -0.1) is 11.3 Å². The van der Waals surface area contributed by atoms with Gasteiger partial charge in [0.1, 0.15) is 0 Å². The van der Waals surface area contributed by atoms with Crippen LogP contribution in [0, 0.1) is 0 Å². The molecular formula is C53H39NSSi2. The second-order valence-corrected chi connectivity index (χ2v) is 23.3. The van der Waals surface area contributed by atoms with E-state index in [2.05, 4.69) is 237 Å². The number of rotatable bonds is 9. The van der Waals surface area contributed by atoms with Gasteiger partial charge in [-0.25, -0.2) is 4.98 Å². The zero-order valence-electron chi connectivity index (χ0n) is 31.4. The van der Waals surface area contributed by atoms with Gasteiger partial charge in [0.05, 0.1) is 15.9 Å². The summed E-state index contributed by atoms with van der Waals surface area (Å²) >= 11 is 1.83. The predicted octanol–water partition coefficient (Wildman–Crippen LogP) is 7.87. The Bertz CT molecular complexity index is 2740. The molecule has 0 bridgehead atoms. The summed E-state index contributed by atoms with van der Waals surface area (Å²) in [6.07, 6.45) is 0. The Balaban J connectivity index is 1.18. The van der Waals surface area contributed by atoms with Crippen LogP contribution in [0.15, 0.2) is 237 Å². The molecule has 8 aromatic carbocycles. The molecule has 10 aromatic rings. The van der Waals surface area contributed by atoms with E-state index in [0.717, 1.165) is 16.8 Å². The Kier molecular flexibility index (Phi) is 9.15. The SMILES string of the molecule is c1ccc([Si](c2ccccc2)(c2ccccc2)c2cccc(-c3ccc4sc5ccc([Si](c6ccccc6)(c6ccccc6)c6ccccc6)cc5c4n3)c2)cc1. The number of fused-ring (bicyclic) bond motifs is 3. The first-order valence-electron chi connectivity index (χ1n) is 19.5. The maximum Gasteiger partial charge on any atom is 0.179 e. The zero-order valence-corrected chi connectivity index (χ0v) is 34.2. The standard InChI is InChI=1S/C53H39NSSi2/c1-7-21-41(22-8-1)56(42-23-9-2-10-24-42,43-25-11-3-12-26-43)47-33-19-20-40(38-47)50-35-37-52-53(54-50)49-39-48(34-36-51(49)55-52)57(44-27-13-4-14-28-44,45-29-15-5-16-30-45)46-31-17-6-18-32-46/h1-39H. The van der Waals surface area contributed by atoms with Gasteiger partial charge >= 0.3 is 0 Å². The highest BCUT2D eigenvalue weighted by atomic mass is 32.1. The van der Waals surface area contributed by atoms with Gasteiger partial charge in [0.15, 0.2) is 16.1 Å². The van der Waals surface area contributed by atoms with Gasteiger partial charge in [-0.05, 0) is 59.7 Å². The van der Waals surface area contributed by atoms with E-state index >= 15 is 0 Å². The van der Waals surface area contributed by atoms with Crippen molar-refractivity contribution >= 4 is 89.3 Å². The van der Waals surface area contributed by atoms with Gasteiger partial charge in [-0.3, -0.25) is 0 Å². The summed E-state index contributed by atoms with van der Waals surface area (Å²) in [5.41, 5.74) is 3.19. The molecule has 0 radical (unpaired) electrons. The van der Waals surface area contributed by atoms with Crippen molar-refractivity contribution in [1.82, 2.24) is 4.98 Å². The van der Waals surface area contributed by atoms with Crippen molar-refractivity contribution in [3.63, 3.8) is 0 Å². The van der Waals surface area contributed by atoms with E-state index in [1.165, 1.54) is 56.3 Å². The van der Waals surface area contributed by atoms with Crippen LogP contribution in [0.3, 0.4) is 0 Å². The van der Waals surface area contributed by atoms with Crippen LogP contribution < -0.4 is 41.5 Å². The van der Waals surface area contributed by atoms with E-state index in [9.17, 15) is 0 Å². The molecule has 0 N–H and O–H groups in total. The number of thiophene rings is 1. The molecule has 0 saturated carbocycles. The van der Waals surface area contributed by atoms with Crippen molar-refractivity contribution in [3.8, 4) is 11.3 Å². The van der Waals surface area contributed by atoms with Crippen molar-refractivity contribution in [3.05, 3.63) is 237 Å². The monoisotopic (exact) mass is 777 g/mol. The molecule has 0 atom stereocenters. The fraction of sp³-hybridized carbons (Fsp3) is 0. The molecule has 0 unspecified atom stereocenters. The van der Waals surface area contributed by atoms with Crippen molar-refractivity contribution in [2.75, 3.05) is 0 Å². The quantitative estimate of drug-likeness (QED) is 0.108. The molecule has 1 nitrogen and oxygen atoms in total. The summed E-state index contributed by atoms with van der Waals surface area (Å²) in [6.45, 7) is 0. The lowest BCUT2D eigenvalue weighted by molar-refractivity contribution is 1.42. The molecule has 0 aliphatic rings. The average Bonchev–Trinajstić information content (AvgIpc) is 3.67. The van der Waals surface area contributed by atoms with E-state index < -0.39 is 16.1 Å². The Morgan fingerprint density at radius 2 is 0.667 bits per heavy atom. The van der Waals surface area contributed by atoms with Crippen molar-refractivity contribution in [1.29, 1.82) is 0 Å². The van der Waals surface area contributed by atoms with Crippen molar-refractivity contribution in [2.24, 2.45) is 0 Å². The van der Waals surface area contributed by atoms with Crippen LogP contribution in [-0.4, -0.2) is 21.1 Å². The van der Waals surface area contributed by atoms with Gasteiger partial charge in [0.25, 0.3) is 0 Å². The molecule has 270 valence electrons. The minimum Gasteiger partial charge on any atom is -0.246 e. The van der Waals surface area contributed by atoms with Crippen LogP contribution in [0.4, 0.5) is 0 Å². The summed E-state index contributed by atoms with van der Waals surface area (Å²) in [6, 6.07) is 87.8. The molecule has 2 heterocycles. The molecule has 0 aliphatic heterocycles. The molecule has 2 aromatic heterocycles. The first-order valence-corrected chi connectivity index (χ1v) is 24.4. The first kappa shape index (κ1) is 35.0. The molecule has 0 spiro atoms. The first-order chi connectivity index (χ1) is 28.3. The lowest BCUT2D eigenvalue weighted by Crippen LogP contribution is -2.74. The third kappa shape index (κ3) is 5.93. The third-order valence-corrected chi connectivity index (χ3v) is 22.3. The van der Waals surface area contributed by atoms with E-state index in [0.29, 0.717) is 0 Å². The lowest BCUT2D eigenvalue weighted by Gasteiger charge is -2.34. The molecule has 0 aliphatic carbocycles. The van der Waals surface area contributed by atoms with Crippen LogP contribution in [0.5, 0.6) is 0 Å². The van der Waals surface area contributed by atoms with Gasteiger partial charge in [0.2, 0.25) is 0 Å². The largest absolute Gasteiger partial charge is 0.246 e. The second-order valence-electron chi connectivity index (χ2n) is 14.6. The van der Waals surface area contributed by atoms with Gasteiger partial charge < -0.3 is 0 Å². The Morgan fingerprint density at radius 1 is 0.298 bits per heavy atom. The maximum atomic E-state index is 5.56. The number of hydrogen-bond donors (Lipinski definition) is 0. The lowest BCUT2D eigenvalue weighted by atomic mass is 10.1. The molecule has 0 saturated heterocycles. The highest BCUT2D eigenvalue weighted by Gasteiger charge is 2.42. The fourth-order valence-corrected chi connectivity index (χ4v) is 19.7. The smallest absolute Gasteiger partial charge is 0.179 e. The van der Waals surface area contributed by atoms with Crippen LogP contribution in [-0.2, 0) is 0 Å². The van der Waals surface area contributed by atoms with E-state index in [1.54, 1.807) is 0 Å². The molecule has 57 heavy (non-hydrogen) atoms. The summed E-state index contributed by atoms with van der Waals surface area (Å²) in [4.78, 5) is 5.56. The highest BCUT2D eigenvalue weighted by molar-refractivity contribution is 7.26. The van der Waals surface area contributed by atoms with Gasteiger partial charge in [0, 0.05) is 15.6 Å². The number of benzene rings is 8. The molecule has 0 fully saturated rings. The summed E-state index contributed by atoms with van der Waals surface area (Å²) in [7, 11) is -5.39. The number of nitrogens with zero attached hydrogens (tertiary/aromatic N) is 1. The predicted molar refractivity (Wildman–Crippen MR) is 250 cm³/mol. The number of aromatic nitrogens is 1. The summed E-state index contributed by atoms with van der Waals surface area (Å²) in [5.74, 6) is 0. The van der Waals surface area contributed by atoms with E-state index in [4.69, 9.17) is 4.98 Å². The number of hydrogen-bond acceptors (Lipinski definition) is 2. The minimum absolute atomic E-state index is 0.990. The number of pyridine rings is 1. The zero-order chi connectivity index (χ0) is 38.1. The second kappa shape index (κ2) is 14.9. The van der Waals surface area contributed by atoms with Crippen LogP contribution in [0.1, 0.15) is 0 Å². The van der Waals surface area contributed by atoms with E-state index in [-0.39, 0.29) is 0 Å². The Hall–Kier alpha value is -6.44. The molecular weight excluding hydrogens is 739 g/mol. The van der Waals surface area contributed by atoms with Crippen LogP contribution in [0.2, 0.25) is 0 Å². The van der Waals surface area contributed by atoms with Crippen molar-refractivity contribution < 1.29 is 0 Å². The van der Waals surface area contributed by atoms with Crippen molar-refractivity contribution in [2.45, 2.75) is 0 Å². The van der Waals surface area contributed by atoms with Crippen LogP contribution >= 0.6 is 11.3 Å². The molecule has 10 rings (SSSR count). The molecule has 0 amide bonds. The molecule has 4 heteroatoms. The third-order valence-electron chi connectivity index (χ3n) is 11.6. The maximum absolute atomic E-state index is 5.56. The van der Waals surface area contributed by atoms with Crippen LogP contribution in [0.25, 0.3) is 31.6 Å². The summed E-state index contributed by atoms with van der Waals surface area (Å²) < 4.78 is 2.46. The van der Waals surface area contributed by atoms with Gasteiger partial charge in [-0.2, -0.15) is 0 Å². The normalized spacial score (nSPS) is 11.9. The topological polar surface area (TPSA) is 12.9 Å². The fourth-order valence-electron chi connectivity index (χ4n) is 9.08. The minimum atomic E-state index is -2.70. The average molecular weight is 778 g/mol. The highest BCUT2D eigenvalue weighted by Crippen LogP contribution is 2.34. The Morgan fingerprint density at radius 3 is 1.09 bits per heavy atom. The van der Waals surface area contributed by atoms with E-state index in [1.807, 2.05) is 11.3 Å². The summed E-state index contributed by atoms with van der Waals surface area (Å²) in [5, 5.41) is 12.1. The Labute approximate surface area is 340 Å².